The van der Waals surface area contributed by atoms with Gasteiger partial charge in [0.05, 0.1) is 6.54 Å². The van der Waals surface area contributed by atoms with Gasteiger partial charge in [0.2, 0.25) is 5.91 Å². The van der Waals surface area contributed by atoms with Gasteiger partial charge in [-0.2, -0.15) is 0 Å². The van der Waals surface area contributed by atoms with Crippen molar-refractivity contribution in [3.63, 3.8) is 0 Å². The Bertz CT molecular complexity index is 959. The summed E-state index contributed by atoms with van der Waals surface area (Å²) in [5.41, 5.74) is 2.26. The second-order valence-corrected chi connectivity index (χ2v) is 8.48. The lowest BCUT2D eigenvalue weighted by atomic mass is 9.96. The van der Waals surface area contributed by atoms with E-state index in [-0.39, 0.29) is 5.91 Å². The Labute approximate surface area is 179 Å². The van der Waals surface area contributed by atoms with Crippen molar-refractivity contribution in [2.75, 3.05) is 38.5 Å². The summed E-state index contributed by atoms with van der Waals surface area (Å²) in [5, 5.41) is 5.35. The lowest BCUT2D eigenvalue weighted by Gasteiger charge is -2.33. The van der Waals surface area contributed by atoms with Crippen LogP contribution in [0, 0.1) is 5.92 Å². The standard InChI is InChI=1S/C26H31N3O/c1-28(18-21-8-3-2-4-9-21)19-22-14-16-29(17-15-22)20-26(30)27-25-13-7-11-23-10-5-6-12-24(23)25/h2-13,22H,14-20H2,1H3,(H,27,30). The monoisotopic (exact) mass is 401 g/mol. The molecular weight excluding hydrogens is 370 g/mol. The molecule has 0 atom stereocenters. The van der Waals surface area contributed by atoms with E-state index in [9.17, 15) is 4.79 Å². The van der Waals surface area contributed by atoms with Crippen molar-refractivity contribution in [2.45, 2.75) is 19.4 Å². The van der Waals surface area contributed by atoms with Crippen LogP contribution in [-0.2, 0) is 11.3 Å². The predicted molar refractivity (Wildman–Crippen MR) is 125 cm³/mol. The van der Waals surface area contributed by atoms with Crippen LogP contribution >= 0.6 is 0 Å². The van der Waals surface area contributed by atoms with Crippen LogP contribution in [0.15, 0.2) is 72.8 Å². The van der Waals surface area contributed by atoms with E-state index < -0.39 is 0 Å². The maximum atomic E-state index is 12.6. The lowest BCUT2D eigenvalue weighted by Crippen LogP contribution is -2.41. The summed E-state index contributed by atoms with van der Waals surface area (Å²) in [6, 6.07) is 24.9. The molecule has 3 aromatic rings. The molecule has 4 rings (SSSR count). The maximum Gasteiger partial charge on any atom is 0.238 e. The number of hydrogen-bond donors (Lipinski definition) is 1. The lowest BCUT2D eigenvalue weighted by molar-refractivity contribution is -0.117. The van der Waals surface area contributed by atoms with Crippen LogP contribution in [0.25, 0.3) is 10.8 Å². The Morgan fingerprint density at radius 2 is 1.67 bits per heavy atom. The molecule has 4 nitrogen and oxygen atoms in total. The maximum absolute atomic E-state index is 12.6. The average molecular weight is 402 g/mol. The summed E-state index contributed by atoms with van der Waals surface area (Å²) in [4.78, 5) is 17.3. The summed E-state index contributed by atoms with van der Waals surface area (Å²) < 4.78 is 0. The third-order valence-electron chi connectivity index (χ3n) is 6.00. The van der Waals surface area contributed by atoms with E-state index in [1.807, 2.05) is 24.3 Å². The zero-order chi connectivity index (χ0) is 20.8. The summed E-state index contributed by atoms with van der Waals surface area (Å²) in [6.07, 6.45) is 2.31. The largest absolute Gasteiger partial charge is 0.324 e. The fourth-order valence-electron chi connectivity index (χ4n) is 4.45. The molecule has 4 heteroatoms. The molecule has 1 heterocycles. The number of carbonyl (C=O) groups is 1. The number of piperidine rings is 1. The Kier molecular flexibility index (Phi) is 6.77. The molecule has 0 unspecified atom stereocenters. The highest BCUT2D eigenvalue weighted by Gasteiger charge is 2.22. The zero-order valence-electron chi connectivity index (χ0n) is 17.8. The minimum Gasteiger partial charge on any atom is -0.324 e. The Hall–Kier alpha value is -2.69. The van der Waals surface area contributed by atoms with Crippen molar-refractivity contribution in [3.8, 4) is 0 Å². The first-order valence-electron chi connectivity index (χ1n) is 10.9. The molecule has 1 aliphatic rings. The normalized spacial score (nSPS) is 15.5. The molecule has 0 spiro atoms. The van der Waals surface area contributed by atoms with Crippen molar-refractivity contribution >= 4 is 22.4 Å². The van der Waals surface area contributed by atoms with Crippen molar-refractivity contribution < 1.29 is 4.79 Å². The highest BCUT2D eigenvalue weighted by Crippen LogP contribution is 2.23. The summed E-state index contributed by atoms with van der Waals surface area (Å²) in [6.45, 7) is 4.56. The molecule has 0 bridgehead atoms. The van der Waals surface area contributed by atoms with Gasteiger partial charge in [0.1, 0.15) is 0 Å². The van der Waals surface area contributed by atoms with Crippen LogP contribution in [0.4, 0.5) is 5.69 Å². The first-order chi connectivity index (χ1) is 14.7. The fourth-order valence-corrected chi connectivity index (χ4v) is 4.45. The second kappa shape index (κ2) is 9.88. The van der Waals surface area contributed by atoms with Crippen LogP contribution in [0.1, 0.15) is 18.4 Å². The van der Waals surface area contributed by atoms with Gasteiger partial charge >= 0.3 is 0 Å². The molecule has 1 saturated heterocycles. The van der Waals surface area contributed by atoms with E-state index in [0.717, 1.165) is 55.5 Å². The van der Waals surface area contributed by atoms with Crippen molar-refractivity contribution in [3.05, 3.63) is 78.4 Å². The topological polar surface area (TPSA) is 35.6 Å². The van der Waals surface area contributed by atoms with E-state index in [1.54, 1.807) is 0 Å². The van der Waals surface area contributed by atoms with Crippen LogP contribution in [0.5, 0.6) is 0 Å². The van der Waals surface area contributed by atoms with E-state index in [4.69, 9.17) is 0 Å². The molecule has 0 radical (unpaired) electrons. The van der Waals surface area contributed by atoms with Crippen LogP contribution < -0.4 is 5.32 Å². The molecule has 156 valence electrons. The number of hydrogen-bond acceptors (Lipinski definition) is 3. The van der Waals surface area contributed by atoms with Crippen molar-refractivity contribution in [2.24, 2.45) is 5.92 Å². The first-order valence-corrected chi connectivity index (χ1v) is 10.9. The van der Waals surface area contributed by atoms with Crippen molar-refractivity contribution in [1.82, 2.24) is 9.80 Å². The van der Waals surface area contributed by atoms with E-state index in [1.165, 1.54) is 5.56 Å². The Balaban J connectivity index is 1.23. The van der Waals surface area contributed by atoms with Gasteiger partial charge in [0.15, 0.2) is 0 Å². The average Bonchev–Trinajstić information content (AvgIpc) is 2.76. The van der Waals surface area contributed by atoms with Gasteiger partial charge in [-0.15, -0.1) is 0 Å². The fraction of sp³-hybridized carbons (Fsp3) is 0.346. The summed E-state index contributed by atoms with van der Waals surface area (Å²) >= 11 is 0. The number of nitrogens with zero attached hydrogens (tertiary/aromatic N) is 2. The zero-order valence-corrected chi connectivity index (χ0v) is 17.8. The summed E-state index contributed by atoms with van der Waals surface area (Å²) in [7, 11) is 2.21. The van der Waals surface area contributed by atoms with Gasteiger partial charge in [-0.05, 0) is 55.9 Å². The number of fused-ring (bicyclic) bond motifs is 1. The van der Waals surface area contributed by atoms with Gasteiger partial charge in [0, 0.05) is 24.2 Å². The molecule has 1 amide bonds. The number of benzene rings is 3. The van der Waals surface area contributed by atoms with Crippen LogP contribution in [0.2, 0.25) is 0 Å². The molecule has 0 aliphatic carbocycles. The van der Waals surface area contributed by atoms with Crippen molar-refractivity contribution in [1.29, 1.82) is 0 Å². The first kappa shape index (κ1) is 20.6. The number of likely N-dealkylation sites (tertiary alicyclic amines) is 1. The Morgan fingerprint density at radius 1 is 0.967 bits per heavy atom. The molecule has 3 aromatic carbocycles. The van der Waals surface area contributed by atoms with Gasteiger partial charge in [0.25, 0.3) is 0 Å². The molecular formula is C26H31N3O. The van der Waals surface area contributed by atoms with Gasteiger partial charge in [-0.3, -0.25) is 9.69 Å². The number of rotatable bonds is 7. The van der Waals surface area contributed by atoms with E-state index in [2.05, 4.69) is 70.7 Å². The van der Waals surface area contributed by atoms with Gasteiger partial charge in [-0.1, -0.05) is 66.7 Å². The minimum absolute atomic E-state index is 0.0750. The molecule has 0 saturated carbocycles. The Morgan fingerprint density at radius 3 is 2.47 bits per heavy atom. The molecule has 30 heavy (non-hydrogen) atoms. The van der Waals surface area contributed by atoms with Gasteiger partial charge < -0.3 is 10.2 Å². The third kappa shape index (κ3) is 5.47. The highest BCUT2D eigenvalue weighted by atomic mass is 16.2. The van der Waals surface area contributed by atoms with E-state index in [0.29, 0.717) is 12.5 Å². The quantitative estimate of drug-likeness (QED) is 0.627. The van der Waals surface area contributed by atoms with Crippen LogP contribution in [0.3, 0.4) is 0 Å². The molecule has 1 fully saturated rings. The number of nitrogens with one attached hydrogen (secondary N) is 1. The summed E-state index contributed by atoms with van der Waals surface area (Å²) in [5.74, 6) is 0.780. The smallest absolute Gasteiger partial charge is 0.238 e. The molecule has 1 aliphatic heterocycles. The third-order valence-corrected chi connectivity index (χ3v) is 6.00. The molecule has 0 aromatic heterocycles. The second-order valence-electron chi connectivity index (χ2n) is 8.48. The number of amides is 1. The number of carbonyl (C=O) groups excluding carboxylic acids is 1. The predicted octanol–water partition coefficient (Wildman–Crippen LogP) is 4.62. The minimum atomic E-state index is 0.0750. The van der Waals surface area contributed by atoms with E-state index >= 15 is 0 Å². The van der Waals surface area contributed by atoms with Crippen LogP contribution in [-0.4, -0.2) is 48.9 Å². The van der Waals surface area contributed by atoms with Gasteiger partial charge in [-0.25, -0.2) is 0 Å². The highest BCUT2D eigenvalue weighted by molar-refractivity contribution is 6.02. The SMILES string of the molecule is CN(Cc1ccccc1)CC1CCN(CC(=O)Nc2cccc3ccccc23)CC1. The number of anilines is 1. The molecule has 1 N–H and O–H groups in total.